The Morgan fingerprint density at radius 1 is 0.870 bits per heavy atom. The maximum atomic E-state index is 6.00. The summed E-state index contributed by atoms with van der Waals surface area (Å²) in [6.07, 6.45) is 0. The van der Waals surface area contributed by atoms with Crippen LogP contribution in [-0.4, -0.2) is 15.0 Å². The van der Waals surface area contributed by atoms with Gasteiger partial charge in [0.2, 0.25) is 11.9 Å². The third-order valence-electron chi connectivity index (χ3n) is 3.15. The number of ether oxygens (including phenoxy) is 1. The van der Waals surface area contributed by atoms with Gasteiger partial charge in [0.05, 0.1) is 0 Å². The number of rotatable bonds is 3. The Bertz CT molecular complexity index is 831. The Morgan fingerprint density at radius 3 is 2.09 bits per heavy atom. The normalized spacial score (nSPS) is 10.5. The molecule has 0 aliphatic heterocycles. The van der Waals surface area contributed by atoms with E-state index in [9.17, 15) is 0 Å². The van der Waals surface area contributed by atoms with E-state index in [1.807, 2.05) is 43.3 Å². The maximum absolute atomic E-state index is 6.00. The Kier molecular flexibility index (Phi) is 3.99. The Labute approximate surface area is 138 Å². The van der Waals surface area contributed by atoms with Crippen molar-refractivity contribution in [3.05, 3.63) is 53.1 Å². The van der Waals surface area contributed by atoms with Crippen molar-refractivity contribution in [3.63, 3.8) is 0 Å². The van der Waals surface area contributed by atoms with Gasteiger partial charge < -0.3 is 16.2 Å². The van der Waals surface area contributed by atoms with Crippen molar-refractivity contribution in [2.45, 2.75) is 6.92 Å². The second-order valence-electron chi connectivity index (χ2n) is 4.91. The Morgan fingerprint density at radius 2 is 1.48 bits per heavy atom. The van der Waals surface area contributed by atoms with Gasteiger partial charge in [-0.1, -0.05) is 11.6 Å². The average molecular weight is 328 g/mol. The summed E-state index contributed by atoms with van der Waals surface area (Å²) in [6, 6.07) is 12.8. The predicted molar refractivity (Wildman–Crippen MR) is 90.4 cm³/mol. The van der Waals surface area contributed by atoms with E-state index in [0.29, 0.717) is 22.3 Å². The van der Waals surface area contributed by atoms with Crippen LogP contribution in [0.1, 0.15) is 5.56 Å². The summed E-state index contributed by atoms with van der Waals surface area (Å²) in [5, 5.41) is 0.706. The third kappa shape index (κ3) is 3.49. The predicted octanol–water partition coefficient (Wildman–Crippen LogP) is 3.46. The van der Waals surface area contributed by atoms with Crippen molar-refractivity contribution in [2.75, 3.05) is 11.5 Å². The number of hydrogen-bond acceptors (Lipinski definition) is 6. The maximum Gasteiger partial charge on any atom is 0.225 e. The standard InChI is InChI=1S/C16H14ClN5O/c1-9-8-12(6-7-13(9)17)23-11-4-2-10(3-5-11)14-20-15(18)22-16(19)21-14/h2-8H,1H3,(H4,18,19,20,21,22). The van der Waals surface area contributed by atoms with Crippen LogP contribution >= 0.6 is 11.6 Å². The van der Waals surface area contributed by atoms with Gasteiger partial charge >= 0.3 is 0 Å². The van der Waals surface area contributed by atoms with Gasteiger partial charge in [-0.15, -0.1) is 0 Å². The van der Waals surface area contributed by atoms with Gasteiger partial charge in [-0.2, -0.15) is 15.0 Å². The molecule has 1 aromatic heterocycles. The molecule has 3 rings (SSSR count). The fourth-order valence-corrected chi connectivity index (χ4v) is 2.14. The molecule has 0 saturated heterocycles. The number of aryl methyl sites for hydroxylation is 1. The van der Waals surface area contributed by atoms with Crippen molar-refractivity contribution in [1.29, 1.82) is 0 Å². The van der Waals surface area contributed by atoms with Crippen molar-refractivity contribution in [2.24, 2.45) is 0 Å². The highest BCUT2D eigenvalue weighted by Gasteiger charge is 2.06. The van der Waals surface area contributed by atoms with Crippen LogP contribution in [0.25, 0.3) is 11.4 Å². The molecule has 2 aromatic carbocycles. The molecule has 1 heterocycles. The van der Waals surface area contributed by atoms with Crippen LogP contribution in [0.5, 0.6) is 11.5 Å². The largest absolute Gasteiger partial charge is 0.457 e. The van der Waals surface area contributed by atoms with Crippen molar-refractivity contribution in [3.8, 4) is 22.9 Å². The molecular formula is C16H14ClN5O. The zero-order valence-corrected chi connectivity index (χ0v) is 13.1. The highest BCUT2D eigenvalue weighted by molar-refractivity contribution is 6.31. The van der Waals surface area contributed by atoms with Gasteiger partial charge in [-0.05, 0) is 55.0 Å². The van der Waals surface area contributed by atoms with Crippen LogP contribution < -0.4 is 16.2 Å². The van der Waals surface area contributed by atoms with Crippen LogP contribution in [0.2, 0.25) is 5.02 Å². The molecule has 0 aliphatic rings. The first-order chi connectivity index (χ1) is 11.0. The summed E-state index contributed by atoms with van der Waals surface area (Å²) in [7, 11) is 0. The number of aromatic nitrogens is 3. The van der Waals surface area contributed by atoms with Crippen LogP contribution in [0.4, 0.5) is 11.9 Å². The lowest BCUT2D eigenvalue weighted by atomic mass is 10.2. The smallest absolute Gasteiger partial charge is 0.225 e. The molecule has 0 unspecified atom stereocenters. The average Bonchev–Trinajstić information content (AvgIpc) is 2.51. The number of nitrogens with two attached hydrogens (primary N) is 2. The Hall–Kier alpha value is -2.86. The molecule has 0 bridgehead atoms. The fraction of sp³-hybridized carbons (Fsp3) is 0.0625. The van der Waals surface area contributed by atoms with Crippen molar-refractivity contribution < 1.29 is 4.74 Å². The zero-order chi connectivity index (χ0) is 16.4. The lowest BCUT2D eigenvalue weighted by molar-refractivity contribution is 0.482. The van der Waals surface area contributed by atoms with Gasteiger partial charge in [-0.3, -0.25) is 0 Å². The summed E-state index contributed by atoms with van der Waals surface area (Å²) in [6.45, 7) is 1.92. The molecule has 0 aliphatic carbocycles. The fourth-order valence-electron chi connectivity index (χ4n) is 2.03. The second-order valence-corrected chi connectivity index (χ2v) is 5.32. The first kappa shape index (κ1) is 15.1. The lowest BCUT2D eigenvalue weighted by Gasteiger charge is -2.08. The van der Waals surface area contributed by atoms with E-state index < -0.39 is 0 Å². The highest BCUT2D eigenvalue weighted by Crippen LogP contribution is 2.27. The number of benzene rings is 2. The molecule has 0 spiro atoms. The van der Waals surface area contributed by atoms with E-state index in [1.54, 1.807) is 6.07 Å². The number of anilines is 2. The quantitative estimate of drug-likeness (QED) is 0.764. The van der Waals surface area contributed by atoms with Crippen molar-refractivity contribution in [1.82, 2.24) is 15.0 Å². The van der Waals surface area contributed by atoms with Gasteiger partial charge in [0.25, 0.3) is 0 Å². The molecule has 7 heteroatoms. The zero-order valence-electron chi connectivity index (χ0n) is 12.3. The number of hydrogen-bond donors (Lipinski definition) is 2. The summed E-state index contributed by atoms with van der Waals surface area (Å²) >= 11 is 6.00. The molecule has 4 N–H and O–H groups in total. The number of nitrogen functional groups attached to an aromatic ring is 2. The van der Waals surface area contributed by atoms with Gasteiger partial charge in [-0.25, -0.2) is 0 Å². The third-order valence-corrected chi connectivity index (χ3v) is 3.57. The minimum atomic E-state index is 0.0875. The summed E-state index contributed by atoms with van der Waals surface area (Å²) in [4.78, 5) is 11.9. The van der Waals surface area contributed by atoms with E-state index in [4.69, 9.17) is 27.8 Å². The lowest BCUT2D eigenvalue weighted by Crippen LogP contribution is -2.04. The van der Waals surface area contributed by atoms with Crippen LogP contribution in [-0.2, 0) is 0 Å². The van der Waals surface area contributed by atoms with Gasteiger partial charge in [0.15, 0.2) is 5.82 Å². The van der Waals surface area contributed by atoms with Gasteiger partial charge in [0, 0.05) is 10.6 Å². The summed E-state index contributed by atoms with van der Waals surface area (Å²) in [5.74, 6) is 2.00. The molecular weight excluding hydrogens is 314 g/mol. The molecule has 0 fully saturated rings. The van der Waals surface area contributed by atoms with Crippen molar-refractivity contribution >= 4 is 23.5 Å². The molecule has 6 nitrogen and oxygen atoms in total. The SMILES string of the molecule is Cc1cc(Oc2ccc(-c3nc(N)nc(N)n3)cc2)ccc1Cl. The van der Waals surface area contributed by atoms with E-state index in [-0.39, 0.29) is 11.9 Å². The molecule has 23 heavy (non-hydrogen) atoms. The molecule has 0 atom stereocenters. The topological polar surface area (TPSA) is 99.9 Å². The van der Waals surface area contributed by atoms with Crippen LogP contribution in [0.3, 0.4) is 0 Å². The molecule has 0 saturated carbocycles. The minimum absolute atomic E-state index is 0.0875. The molecule has 0 radical (unpaired) electrons. The molecule has 0 amide bonds. The van der Waals surface area contributed by atoms with E-state index in [1.165, 1.54) is 0 Å². The van der Waals surface area contributed by atoms with E-state index in [0.717, 1.165) is 11.1 Å². The molecule has 116 valence electrons. The summed E-state index contributed by atoms with van der Waals surface area (Å²) < 4.78 is 5.79. The number of halogens is 1. The first-order valence-electron chi connectivity index (χ1n) is 6.83. The Balaban J connectivity index is 1.82. The van der Waals surface area contributed by atoms with E-state index in [2.05, 4.69) is 15.0 Å². The summed E-state index contributed by atoms with van der Waals surface area (Å²) in [5.41, 5.74) is 12.9. The monoisotopic (exact) mass is 327 g/mol. The van der Waals surface area contributed by atoms with Crippen LogP contribution in [0.15, 0.2) is 42.5 Å². The van der Waals surface area contributed by atoms with Crippen LogP contribution in [0, 0.1) is 6.92 Å². The van der Waals surface area contributed by atoms with E-state index >= 15 is 0 Å². The minimum Gasteiger partial charge on any atom is -0.457 e. The van der Waals surface area contributed by atoms with Gasteiger partial charge in [0.1, 0.15) is 11.5 Å². The highest BCUT2D eigenvalue weighted by atomic mass is 35.5. The first-order valence-corrected chi connectivity index (χ1v) is 7.20. The second kappa shape index (κ2) is 6.10. The molecule has 3 aromatic rings. The number of nitrogens with zero attached hydrogens (tertiary/aromatic N) is 3.